The summed E-state index contributed by atoms with van der Waals surface area (Å²) in [5.41, 5.74) is 0. The minimum absolute atomic E-state index is 0.0255. The molecule has 0 rings (SSSR count). The minimum Gasteiger partial charge on any atom is -0.756 e. The topological polar surface area (TPSA) is 94.1 Å². The molecule has 60 heavy (non-hydrogen) atoms. The van der Waals surface area contributed by atoms with Crippen LogP contribution in [0.15, 0.2) is 48.6 Å². The van der Waals surface area contributed by atoms with E-state index < -0.39 is 13.9 Å². The molecule has 352 valence electrons. The molecule has 0 radical (unpaired) electrons. The maximum atomic E-state index is 12.7. The summed E-state index contributed by atoms with van der Waals surface area (Å²) in [4.78, 5) is 25.1. The van der Waals surface area contributed by atoms with Gasteiger partial charge in [0.15, 0.2) is 0 Å². The first kappa shape index (κ1) is 58.5. The van der Waals surface area contributed by atoms with E-state index in [1.165, 1.54) is 135 Å². The molecule has 8 nitrogen and oxygen atoms in total. The maximum Gasteiger partial charge on any atom is 0.306 e. The van der Waals surface area contributed by atoms with Crippen molar-refractivity contribution in [1.82, 2.24) is 0 Å². The second-order valence-corrected chi connectivity index (χ2v) is 19.2. The number of unbranched alkanes of at least 4 members (excludes halogenated alkanes) is 24. The van der Waals surface area contributed by atoms with E-state index >= 15 is 0 Å². The van der Waals surface area contributed by atoms with Gasteiger partial charge in [-0.05, 0) is 51.4 Å². The highest BCUT2D eigenvalue weighted by molar-refractivity contribution is 7.45. The number of hydrogen-bond acceptors (Lipinski definition) is 7. The molecule has 0 saturated heterocycles. The van der Waals surface area contributed by atoms with Crippen LogP contribution in [0, 0.1) is 0 Å². The van der Waals surface area contributed by atoms with E-state index in [-0.39, 0.29) is 25.8 Å². The minimum atomic E-state index is -4.53. The van der Waals surface area contributed by atoms with E-state index in [2.05, 4.69) is 62.5 Å². The van der Waals surface area contributed by atoms with Crippen molar-refractivity contribution in [3.63, 3.8) is 0 Å². The van der Waals surface area contributed by atoms with Gasteiger partial charge < -0.3 is 27.9 Å². The van der Waals surface area contributed by atoms with E-state index in [1.54, 1.807) is 0 Å². The summed E-state index contributed by atoms with van der Waals surface area (Å²) in [7, 11) is 1.36. The van der Waals surface area contributed by atoms with Crippen molar-refractivity contribution in [1.29, 1.82) is 0 Å². The number of likely N-dealkylation sites (N-methyl/N-ethyl adjacent to an activating group) is 1. The van der Waals surface area contributed by atoms with Gasteiger partial charge in [-0.1, -0.05) is 204 Å². The highest BCUT2D eigenvalue weighted by Gasteiger charge is 2.20. The lowest BCUT2D eigenvalue weighted by atomic mass is 10.0. The van der Waals surface area contributed by atoms with Crippen molar-refractivity contribution in [3.05, 3.63) is 48.6 Å². The molecule has 0 heterocycles. The zero-order chi connectivity index (χ0) is 44.1. The van der Waals surface area contributed by atoms with Crippen molar-refractivity contribution in [3.8, 4) is 0 Å². The third-order valence-electron chi connectivity index (χ3n) is 10.6. The molecule has 0 aromatic heterocycles. The standard InChI is InChI=1S/C51H96NO7P/c1-6-8-10-12-14-16-18-20-22-23-24-25-26-27-28-29-30-32-34-36-38-40-42-44-51(53)59-50(49-58-60(54,55)57-47-45-52(3,4)5)48-56-46-43-41-39-37-35-33-31-21-19-17-15-13-11-9-7-2/h8,10,14,16,20,22,24-25,50H,6-7,9,11-13,15,17-19,21,23,26-49H2,1-5H3/b10-8-,16-14-,22-20-,25-24-. The fourth-order valence-electron chi connectivity index (χ4n) is 6.83. The van der Waals surface area contributed by atoms with Crippen LogP contribution in [0.4, 0.5) is 0 Å². The number of carbonyl (C=O) groups is 1. The van der Waals surface area contributed by atoms with Crippen molar-refractivity contribution in [2.45, 2.75) is 219 Å². The lowest BCUT2D eigenvalue weighted by Crippen LogP contribution is -2.37. The van der Waals surface area contributed by atoms with Crippen LogP contribution >= 0.6 is 7.82 Å². The first-order valence-electron chi connectivity index (χ1n) is 24.9. The van der Waals surface area contributed by atoms with Gasteiger partial charge in [0.2, 0.25) is 0 Å². The van der Waals surface area contributed by atoms with Gasteiger partial charge in [0, 0.05) is 13.0 Å². The van der Waals surface area contributed by atoms with Crippen molar-refractivity contribution in [2.24, 2.45) is 0 Å². The number of allylic oxidation sites excluding steroid dienone is 8. The summed E-state index contributed by atoms with van der Waals surface area (Å²) in [6.07, 6.45) is 54.1. The van der Waals surface area contributed by atoms with E-state index in [4.69, 9.17) is 18.5 Å². The SMILES string of the molecule is CC/C=C\C/C=C\C/C=C\C/C=C\CCCCCCCCCCCCC(=O)OC(COCCCCCCCCCCCCCCCCC)COP(=O)([O-])OCC[N+](C)(C)C. The van der Waals surface area contributed by atoms with E-state index in [1.807, 2.05) is 21.1 Å². The summed E-state index contributed by atoms with van der Waals surface area (Å²) in [6.45, 7) is 5.33. The molecule has 0 N–H and O–H groups in total. The van der Waals surface area contributed by atoms with E-state index in [9.17, 15) is 14.3 Å². The molecule has 0 aliphatic rings. The van der Waals surface area contributed by atoms with Crippen LogP contribution in [0.1, 0.15) is 213 Å². The van der Waals surface area contributed by atoms with Crippen LogP contribution < -0.4 is 4.89 Å². The molecule has 2 atom stereocenters. The van der Waals surface area contributed by atoms with Gasteiger partial charge in [-0.3, -0.25) is 9.36 Å². The molecule has 0 amide bonds. The zero-order valence-electron chi connectivity index (χ0n) is 39.9. The maximum absolute atomic E-state index is 12.7. The highest BCUT2D eigenvalue weighted by Crippen LogP contribution is 2.38. The van der Waals surface area contributed by atoms with Gasteiger partial charge >= 0.3 is 5.97 Å². The first-order chi connectivity index (χ1) is 29.1. The van der Waals surface area contributed by atoms with Crippen molar-refractivity contribution in [2.75, 3.05) is 54.1 Å². The third-order valence-corrected chi connectivity index (χ3v) is 11.6. The van der Waals surface area contributed by atoms with Crippen LogP contribution in [-0.2, 0) is 27.9 Å². The number of nitrogens with zero attached hydrogens (tertiary/aromatic N) is 1. The number of esters is 1. The average Bonchev–Trinajstić information content (AvgIpc) is 3.20. The van der Waals surface area contributed by atoms with Crippen LogP contribution in [0.25, 0.3) is 0 Å². The van der Waals surface area contributed by atoms with Gasteiger partial charge in [-0.2, -0.15) is 0 Å². The predicted molar refractivity (Wildman–Crippen MR) is 254 cm³/mol. The molecular formula is C51H96NO7P. The molecule has 0 aliphatic heterocycles. The fraction of sp³-hybridized carbons (Fsp3) is 0.824. The molecule has 2 unspecified atom stereocenters. The Hall–Kier alpha value is -1.54. The normalized spacial score (nSPS) is 14.0. The highest BCUT2D eigenvalue weighted by atomic mass is 31.2. The second kappa shape index (κ2) is 44.1. The molecule has 0 saturated carbocycles. The summed E-state index contributed by atoms with van der Waals surface area (Å²) >= 11 is 0. The average molecular weight is 866 g/mol. The Labute approximate surface area is 371 Å². The van der Waals surface area contributed by atoms with Gasteiger partial charge in [-0.15, -0.1) is 0 Å². The number of quaternary nitrogens is 1. The molecule has 0 aliphatic carbocycles. The van der Waals surface area contributed by atoms with E-state index in [0.717, 1.165) is 57.8 Å². The molecule has 9 heteroatoms. The number of carbonyl (C=O) groups excluding carboxylic acids is 1. The van der Waals surface area contributed by atoms with E-state index in [0.29, 0.717) is 24.1 Å². The first-order valence-corrected chi connectivity index (χ1v) is 26.3. The zero-order valence-corrected chi connectivity index (χ0v) is 40.8. The molecule has 0 aromatic rings. The quantitative estimate of drug-likeness (QED) is 0.0198. The third kappa shape index (κ3) is 47.5. The number of rotatable bonds is 46. The summed E-state index contributed by atoms with van der Waals surface area (Å²) in [6, 6.07) is 0. The lowest BCUT2D eigenvalue weighted by Gasteiger charge is -2.28. The molecule has 0 fully saturated rings. The smallest absolute Gasteiger partial charge is 0.306 e. The summed E-state index contributed by atoms with van der Waals surface area (Å²) in [5, 5.41) is 0. The number of phosphoric ester groups is 1. The Balaban J connectivity index is 4.14. The van der Waals surface area contributed by atoms with Crippen LogP contribution in [-0.4, -0.2) is 70.7 Å². The molecule has 0 spiro atoms. The van der Waals surface area contributed by atoms with Gasteiger partial charge in [-0.25, -0.2) is 0 Å². The Morgan fingerprint density at radius 1 is 0.533 bits per heavy atom. The van der Waals surface area contributed by atoms with Crippen molar-refractivity contribution >= 4 is 13.8 Å². The fourth-order valence-corrected chi connectivity index (χ4v) is 7.56. The second-order valence-electron chi connectivity index (χ2n) is 17.8. The molecule has 0 aromatic carbocycles. The molecular weight excluding hydrogens is 770 g/mol. The van der Waals surface area contributed by atoms with Crippen LogP contribution in [0.5, 0.6) is 0 Å². The summed E-state index contributed by atoms with van der Waals surface area (Å²) in [5.74, 6) is -0.337. The largest absolute Gasteiger partial charge is 0.756 e. The Bertz CT molecular complexity index is 1100. The number of hydrogen-bond donors (Lipinski definition) is 0. The number of ether oxygens (including phenoxy) is 2. The van der Waals surface area contributed by atoms with Gasteiger partial charge in [0.25, 0.3) is 7.82 Å². The monoisotopic (exact) mass is 866 g/mol. The van der Waals surface area contributed by atoms with Crippen LogP contribution in [0.2, 0.25) is 0 Å². The lowest BCUT2D eigenvalue weighted by molar-refractivity contribution is -0.870. The Morgan fingerprint density at radius 2 is 0.967 bits per heavy atom. The van der Waals surface area contributed by atoms with Gasteiger partial charge in [0.05, 0.1) is 34.4 Å². The van der Waals surface area contributed by atoms with Crippen LogP contribution in [0.3, 0.4) is 0 Å². The molecule has 0 bridgehead atoms. The van der Waals surface area contributed by atoms with Gasteiger partial charge in [0.1, 0.15) is 19.3 Å². The Morgan fingerprint density at radius 3 is 1.45 bits per heavy atom. The van der Waals surface area contributed by atoms with Crippen molar-refractivity contribution < 1.29 is 37.3 Å². The Kier molecular flexibility index (Phi) is 43.0. The predicted octanol–water partition coefficient (Wildman–Crippen LogP) is 14.5. The number of phosphoric acid groups is 1. The summed E-state index contributed by atoms with van der Waals surface area (Å²) < 4.78 is 34.7.